The average molecular weight is 278 g/mol. The molecule has 0 aliphatic rings. The minimum Gasteiger partial charge on any atom is -0.380 e. The van der Waals surface area contributed by atoms with Crippen molar-refractivity contribution in [2.75, 3.05) is 25.1 Å². The third-order valence-electron chi connectivity index (χ3n) is 2.86. The van der Waals surface area contributed by atoms with Crippen molar-refractivity contribution >= 4 is 11.6 Å². The van der Waals surface area contributed by atoms with E-state index >= 15 is 0 Å². The van der Waals surface area contributed by atoms with Gasteiger partial charge in [-0.3, -0.25) is 4.79 Å². The molecule has 1 amide bonds. The fourth-order valence-electron chi connectivity index (χ4n) is 1.65. The van der Waals surface area contributed by atoms with Crippen molar-refractivity contribution in [3.63, 3.8) is 0 Å². The second-order valence-corrected chi connectivity index (χ2v) is 5.50. The maximum absolute atomic E-state index is 12.0. The molecule has 1 aromatic rings. The summed E-state index contributed by atoms with van der Waals surface area (Å²) < 4.78 is 5.46. The first kappa shape index (κ1) is 16.7. The van der Waals surface area contributed by atoms with Gasteiger partial charge < -0.3 is 15.4 Å². The molecule has 1 rings (SSSR count). The van der Waals surface area contributed by atoms with Gasteiger partial charge in [0.25, 0.3) is 0 Å². The van der Waals surface area contributed by atoms with Crippen molar-refractivity contribution in [2.24, 2.45) is 5.92 Å². The molecule has 0 heterocycles. The minimum atomic E-state index is -0.237. The van der Waals surface area contributed by atoms with Crippen LogP contribution < -0.4 is 10.6 Å². The van der Waals surface area contributed by atoms with Crippen LogP contribution in [-0.4, -0.2) is 31.7 Å². The Morgan fingerprint density at radius 1 is 1.20 bits per heavy atom. The molecule has 0 saturated carbocycles. The van der Waals surface area contributed by atoms with Gasteiger partial charge in [0.2, 0.25) is 5.91 Å². The summed E-state index contributed by atoms with van der Waals surface area (Å²) in [6, 6.07) is 7.54. The number of hydrogen-bond donors (Lipinski definition) is 2. The van der Waals surface area contributed by atoms with Crippen LogP contribution in [0.1, 0.15) is 26.3 Å². The Morgan fingerprint density at radius 2 is 1.85 bits per heavy atom. The number of carbonyl (C=O) groups is 1. The molecular weight excluding hydrogens is 252 g/mol. The molecule has 4 heteroatoms. The van der Waals surface area contributed by atoms with Gasteiger partial charge in [0.05, 0.1) is 12.6 Å². The molecule has 1 unspecified atom stereocenters. The second-order valence-electron chi connectivity index (χ2n) is 5.50. The van der Waals surface area contributed by atoms with E-state index in [1.165, 1.54) is 5.56 Å². The Kier molecular flexibility index (Phi) is 7.26. The first-order valence-corrected chi connectivity index (χ1v) is 7.17. The summed E-state index contributed by atoms with van der Waals surface area (Å²) in [5.74, 6) is 0.509. The van der Waals surface area contributed by atoms with Crippen molar-refractivity contribution in [1.29, 1.82) is 0 Å². The summed E-state index contributed by atoms with van der Waals surface area (Å²) in [4.78, 5) is 12.0. The quantitative estimate of drug-likeness (QED) is 0.719. The normalized spacial score (nSPS) is 12.4. The molecule has 112 valence electrons. The number of amides is 1. The molecule has 1 aromatic carbocycles. The van der Waals surface area contributed by atoms with E-state index in [9.17, 15) is 4.79 Å². The number of carbonyl (C=O) groups excluding carboxylic acids is 1. The maximum atomic E-state index is 12.0. The molecule has 20 heavy (non-hydrogen) atoms. The zero-order valence-electron chi connectivity index (χ0n) is 12.9. The number of nitrogens with one attached hydrogen (secondary N) is 2. The molecule has 0 saturated heterocycles. The first-order valence-electron chi connectivity index (χ1n) is 7.17. The lowest BCUT2D eigenvalue weighted by molar-refractivity contribution is -0.117. The Hall–Kier alpha value is -1.39. The lowest BCUT2D eigenvalue weighted by atomic mass is 10.2. The van der Waals surface area contributed by atoms with Crippen LogP contribution >= 0.6 is 0 Å². The molecule has 0 bridgehead atoms. The monoisotopic (exact) mass is 278 g/mol. The Morgan fingerprint density at radius 3 is 2.45 bits per heavy atom. The Balaban J connectivity index is 2.23. The summed E-state index contributed by atoms with van der Waals surface area (Å²) in [5, 5.41) is 6.04. The van der Waals surface area contributed by atoms with Gasteiger partial charge in [-0.15, -0.1) is 0 Å². The number of anilines is 1. The van der Waals surface area contributed by atoms with Crippen LogP contribution in [0, 0.1) is 12.8 Å². The summed E-state index contributed by atoms with van der Waals surface area (Å²) in [6.07, 6.45) is 0. The zero-order chi connectivity index (χ0) is 15.0. The van der Waals surface area contributed by atoms with Crippen LogP contribution in [0.3, 0.4) is 0 Å². The van der Waals surface area contributed by atoms with Crippen molar-refractivity contribution in [1.82, 2.24) is 5.32 Å². The van der Waals surface area contributed by atoms with E-state index in [2.05, 4.69) is 24.5 Å². The highest BCUT2D eigenvalue weighted by Gasteiger charge is 2.11. The van der Waals surface area contributed by atoms with Crippen LogP contribution in [0.25, 0.3) is 0 Å². The summed E-state index contributed by atoms with van der Waals surface area (Å²) in [7, 11) is 0. The lowest BCUT2D eigenvalue weighted by Crippen LogP contribution is -2.39. The third kappa shape index (κ3) is 6.68. The van der Waals surface area contributed by atoms with Gasteiger partial charge in [-0.2, -0.15) is 0 Å². The van der Waals surface area contributed by atoms with Crippen LogP contribution in [0.2, 0.25) is 0 Å². The lowest BCUT2D eigenvalue weighted by Gasteiger charge is -2.14. The number of ether oxygens (including phenoxy) is 1. The molecule has 0 fully saturated rings. The number of aryl methyl sites for hydroxylation is 1. The highest BCUT2D eigenvalue weighted by molar-refractivity contribution is 5.94. The first-order chi connectivity index (χ1) is 9.49. The molecule has 2 N–H and O–H groups in total. The summed E-state index contributed by atoms with van der Waals surface area (Å²) in [6.45, 7) is 10.2. The van der Waals surface area contributed by atoms with Gasteiger partial charge in [0.1, 0.15) is 0 Å². The SMILES string of the molecule is Cc1ccc(NC(=O)C(C)NCCOCC(C)C)cc1. The maximum Gasteiger partial charge on any atom is 0.241 e. The van der Waals surface area contributed by atoms with Gasteiger partial charge in [0.15, 0.2) is 0 Å². The van der Waals surface area contributed by atoms with Gasteiger partial charge in [-0.25, -0.2) is 0 Å². The summed E-state index contributed by atoms with van der Waals surface area (Å²) >= 11 is 0. The molecule has 0 spiro atoms. The fourth-order valence-corrected chi connectivity index (χ4v) is 1.65. The Bertz CT molecular complexity index is 401. The predicted octanol–water partition coefficient (Wildman–Crippen LogP) is 2.58. The van der Waals surface area contributed by atoms with E-state index in [0.29, 0.717) is 19.1 Å². The molecule has 0 aromatic heterocycles. The average Bonchev–Trinajstić information content (AvgIpc) is 2.40. The topological polar surface area (TPSA) is 50.4 Å². The van der Waals surface area contributed by atoms with E-state index in [1.807, 2.05) is 38.1 Å². The van der Waals surface area contributed by atoms with E-state index in [1.54, 1.807) is 0 Å². The van der Waals surface area contributed by atoms with Crippen molar-refractivity contribution < 1.29 is 9.53 Å². The highest BCUT2D eigenvalue weighted by atomic mass is 16.5. The van der Waals surface area contributed by atoms with Crippen molar-refractivity contribution in [3.05, 3.63) is 29.8 Å². The standard InChI is InChI=1S/C16H26N2O2/c1-12(2)11-20-10-9-17-14(4)16(19)18-15-7-5-13(3)6-8-15/h5-8,12,14,17H,9-11H2,1-4H3,(H,18,19). The molecule has 0 aliphatic carbocycles. The highest BCUT2D eigenvalue weighted by Crippen LogP contribution is 2.08. The number of hydrogen-bond acceptors (Lipinski definition) is 3. The number of benzene rings is 1. The molecule has 0 aliphatic heterocycles. The van der Waals surface area contributed by atoms with E-state index in [-0.39, 0.29) is 11.9 Å². The van der Waals surface area contributed by atoms with E-state index < -0.39 is 0 Å². The number of rotatable bonds is 8. The van der Waals surface area contributed by atoms with Gasteiger partial charge in [-0.05, 0) is 31.9 Å². The van der Waals surface area contributed by atoms with Crippen LogP contribution in [-0.2, 0) is 9.53 Å². The van der Waals surface area contributed by atoms with Crippen LogP contribution in [0.15, 0.2) is 24.3 Å². The molecule has 4 nitrogen and oxygen atoms in total. The summed E-state index contributed by atoms with van der Waals surface area (Å²) in [5.41, 5.74) is 2.00. The fraction of sp³-hybridized carbons (Fsp3) is 0.562. The largest absolute Gasteiger partial charge is 0.380 e. The van der Waals surface area contributed by atoms with Crippen LogP contribution in [0.4, 0.5) is 5.69 Å². The van der Waals surface area contributed by atoms with Gasteiger partial charge in [-0.1, -0.05) is 31.5 Å². The minimum absolute atomic E-state index is 0.0299. The molecule has 0 radical (unpaired) electrons. The zero-order valence-corrected chi connectivity index (χ0v) is 12.9. The predicted molar refractivity (Wildman–Crippen MR) is 82.9 cm³/mol. The smallest absolute Gasteiger partial charge is 0.241 e. The van der Waals surface area contributed by atoms with Gasteiger partial charge in [0, 0.05) is 18.8 Å². The van der Waals surface area contributed by atoms with Crippen molar-refractivity contribution in [2.45, 2.75) is 33.7 Å². The third-order valence-corrected chi connectivity index (χ3v) is 2.86. The van der Waals surface area contributed by atoms with Crippen LogP contribution in [0.5, 0.6) is 0 Å². The molecule has 1 atom stereocenters. The van der Waals surface area contributed by atoms with Gasteiger partial charge >= 0.3 is 0 Å². The Labute approximate surface area is 121 Å². The second kappa shape index (κ2) is 8.72. The molecular formula is C16H26N2O2. The van der Waals surface area contributed by atoms with Crippen molar-refractivity contribution in [3.8, 4) is 0 Å². The van der Waals surface area contributed by atoms with E-state index in [0.717, 1.165) is 12.3 Å². The van der Waals surface area contributed by atoms with E-state index in [4.69, 9.17) is 4.74 Å².